The van der Waals surface area contributed by atoms with Crippen molar-refractivity contribution in [2.45, 2.75) is 11.7 Å². The Kier molecular flexibility index (Phi) is 5.14. The summed E-state index contributed by atoms with van der Waals surface area (Å²) >= 11 is 5.62. The van der Waals surface area contributed by atoms with Crippen LogP contribution in [0.1, 0.15) is 16.7 Å². The molecule has 3 aromatic carbocycles. The van der Waals surface area contributed by atoms with E-state index in [-0.39, 0.29) is 0 Å². The van der Waals surface area contributed by atoms with Crippen LogP contribution in [0.4, 0.5) is 13.2 Å². The van der Waals surface area contributed by atoms with Crippen molar-refractivity contribution in [3.05, 3.63) is 108 Å². The molecule has 0 amide bonds. The van der Waals surface area contributed by atoms with Crippen molar-refractivity contribution in [2.75, 3.05) is 0 Å². The number of hydrogen-bond acceptors (Lipinski definition) is 1. The maximum absolute atomic E-state index is 13.3. The van der Waals surface area contributed by atoms with E-state index in [0.717, 1.165) is 0 Å². The molecule has 3 rings (SSSR count). The molecule has 0 saturated heterocycles. The summed E-state index contributed by atoms with van der Waals surface area (Å²) in [4.78, 5) is 4.05. The number of hydrogen-bond donors (Lipinski definition) is 0. The minimum Gasteiger partial charge on any atom is -0.248 e. The molecule has 0 bridgehead atoms. The molecule has 5 heteroatoms. The van der Waals surface area contributed by atoms with E-state index in [9.17, 15) is 13.2 Å². The highest BCUT2D eigenvalue weighted by atomic mass is 35.5. The first-order valence-corrected chi connectivity index (χ1v) is 8.31. The van der Waals surface area contributed by atoms with Crippen LogP contribution in [-0.4, -0.2) is 11.3 Å². The summed E-state index contributed by atoms with van der Waals surface area (Å²) in [7, 11) is 0. The summed E-state index contributed by atoms with van der Waals surface area (Å²) in [5, 5.41) is -1.39. The third-order valence-electron chi connectivity index (χ3n) is 4.07. The van der Waals surface area contributed by atoms with Gasteiger partial charge in [0.1, 0.15) is 5.54 Å². The van der Waals surface area contributed by atoms with E-state index in [0.29, 0.717) is 16.7 Å². The minimum absolute atomic E-state index is 0.597. The first-order valence-electron chi connectivity index (χ1n) is 7.94. The second-order valence-electron chi connectivity index (χ2n) is 5.71. The van der Waals surface area contributed by atoms with Gasteiger partial charge in [-0.1, -0.05) is 103 Å². The SMILES string of the molecule is FC(F)(F)/C(Cl)=N/C(c1ccccc1)(c1ccccc1)c1ccccc1. The standard InChI is InChI=1S/C21H15ClF3N/c22-19(21(23,24)25)26-20(16-10-4-1-5-11-16,17-12-6-2-7-13-17)18-14-8-3-9-15-18/h1-15H/b26-19-. The van der Waals surface area contributed by atoms with E-state index in [2.05, 4.69) is 4.99 Å². The van der Waals surface area contributed by atoms with Gasteiger partial charge >= 0.3 is 6.18 Å². The van der Waals surface area contributed by atoms with Crippen LogP contribution in [0.15, 0.2) is 96.0 Å². The maximum atomic E-state index is 13.3. The number of rotatable bonds is 4. The van der Waals surface area contributed by atoms with Gasteiger partial charge in [-0.25, -0.2) is 4.99 Å². The predicted octanol–water partition coefficient (Wildman–Crippen LogP) is 6.18. The van der Waals surface area contributed by atoms with Gasteiger partial charge in [-0.15, -0.1) is 0 Å². The normalized spacial score (nSPS) is 12.8. The molecular formula is C21H15ClF3N. The van der Waals surface area contributed by atoms with Gasteiger partial charge in [0.15, 0.2) is 0 Å². The maximum Gasteiger partial charge on any atom is 0.444 e. The Bertz CT molecular complexity index is 779. The van der Waals surface area contributed by atoms with Gasteiger partial charge in [-0.3, -0.25) is 0 Å². The van der Waals surface area contributed by atoms with Crippen molar-refractivity contribution in [3.8, 4) is 0 Å². The van der Waals surface area contributed by atoms with E-state index in [1.807, 2.05) is 0 Å². The molecular weight excluding hydrogens is 359 g/mol. The molecule has 0 N–H and O–H groups in total. The molecule has 0 radical (unpaired) electrons. The van der Waals surface area contributed by atoms with Gasteiger partial charge in [0, 0.05) is 0 Å². The highest BCUT2D eigenvalue weighted by Gasteiger charge is 2.42. The van der Waals surface area contributed by atoms with E-state index in [4.69, 9.17) is 11.6 Å². The van der Waals surface area contributed by atoms with Crippen molar-refractivity contribution in [1.82, 2.24) is 0 Å². The summed E-state index contributed by atoms with van der Waals surface area (Å²) in [6.07, 6.45) is -4.73. The molecule has 0 aliphatic heterocycles. The molecule has 0 aliphatic carbocycles. The summed E-state index contributed by atoms with van der Waals surface area (Å²) in [6.45, 7) is 0. The highest BCUT2D eigenvalue weighted by molar-refractivity contribution is 6.66. The van der Waals surface area contributed by atoms with Crippen LogP contribution in [0.3, 0.4) is 0 Å². The van der Waals surface area contributed by atoms with E-state index in [1.165, 1.54) is 0 Å². The van der Waals surface area contributed by atoms with E-state index >= 15 is 0 Å². The highest BCUT2D eigenvalue weighted by Crippen LogP contribution is 2.42. The number of alkyl halides is 3. The van der Waals surface area contributed by atoms with Gasteiger partial charge in [0.05, 0.1) is 0 Å². The van der Waals surface area contributed by atoms with Crippen LogP contribution in [0.5, 0.6) is 0 Å². The average molecular weight is 374 g/mol. The van der Waals surface area contributed by atoms with Gasteiger partial charge in [-0.2, -0.15) is 13.2 Å². The second-order valence-corrected chi connectivity index (χ2v) is 6.07. The fourth-order valence-corrected chi connectivity index (χ4v) is 3.07. The van der Waals surface area contributed by atoms with E-state index < -0.39 is 16.9 Å². The predicted molar refractivity (Wildman–Crippen MR) is 98.6 cm³/mol. The first kappa shape index (κ1) is 18.2. The Morgan fingerprint density at radius 1 is 0.615 bits per heavy atom. The summed E-state index contributed by atoms with van der Waals surface area (Å²) < 4.78 is 39.8. The third-order valence-corrected chi connectivity index (χ3v) is 4.37. The number of nitrogens with zero attached hydrogens (tertiary/aromatic N) is 1. The fourth-order valence-electron chi connectivity index (χ4n) is 2.94. The Balaban J connectivity index is 2.40. The van der Waals surface area contributed by atoms with Crippen molar-refractivity contribution < 1.29 is 13.2 Å². The topological polar surface area (TPSA) is 12.4 Å². The number of benzene rings is 3. The zero-order chi connectivity index (χ0) is 18.6. The Morgan fingerprint density at radius 3 is 1.19 bits per heavy atom. The van der Waals surface area contributed by atoms with Crippen molar-refractivity contribution >= 4 is 16.8 Å². The molecule has 0 saturated carbocycles. The van der Waals surface area contributed by atoms with Crippen LogP contribution in [0, 0.1) is 0 Å². The lowest BCUT2D eigenvalue weighted by Crippen LogP contribution is -2.31. The molecule has 132 valence electrons. The molecule has 0 aromatic heterocycles. The molecule has 0 heterocycles. The van der Waals surface area contributed by atoms with Crippen molar-refractivity contribution in [1.29, 1.82) is 0 Å². The van der Waals surface area contributed by atoms with Crippen LogP contribution in [0.2, 0.25) is 0 Å². The number of halogens is 4. The lowest BCUT2D eigenvalue weighted by Gasteiger charge is -2.32. The molecule has 1 nitrogen and oxygen atoms in total. The monoisotopic (exact) mass is 373 g/mol. The molecule has 26 heavy (non-hydrogen) atoms. The van der Waals surface area contributed by atoms with Crippen molar-refractivity contribution in [2.24, 2.45) is 4.99 Å². The molecule has 0 atom stereocenters. The smallest absolute Gasteiger partial charge is 0.248 e. The Morgan fingerprint density at radius 2 is 0.923 bits per heavy atom. The van der Waals surface area contributed by atoms with Crippen LogP contribution >= 0.6 is 11.6 Å². The average Bonchev–Trinajstić information content (AvgIpc) is 2.67. The molecule has 0 unspecified atom stereocenters. The third kappa shape index (κ3) is 3.51. The van der Waals surface area contributed by atoms with Crippen LogP contribution in [0.25, 0.3) is 0 Å². The van der Waals surface area contributed by atoms with E-state index in [1.54, 1.807) is 91.0 Å². The Labute approximate surface area is 154 Å². The summed E-state index contributed by atoms with van der Waals surface area (Å²) in [5.74, 6) is 0. The first-order chi connectivity index (χ1) is 12.4. The number of aliphatic imine (C=N–C) groups is 1. The summed E-state index contributed by atoms with van der Waals surface area (Å²) in [6, 6.07) is 26.6. The molecule has 0 fully saturated rings. The van der Waals surface area contributed by atoms with Crippen molar-refractivity contribution in [3.63, 3.8) is 0 Å². The molecule has 0 spiro atoms. The Hall–Kier alpha value is -2.59. The lowest BCUT2D eigenvalue weighted by molar-refractivity contribution is -0.0563. The van der Waals surface area contributed by atoms with Gasteiger partial charge < -0.3 is 0 Å². The second kappa shape index (κ2) is 7.34. The van der Waals surface area contributed by atoms with Gasteiger partial charge in [0.2, 0.25) is 5.17 Å². The zero-order valence-corrected chi connectivity index (χ0v) is 14.4. The molecule has 3 aromatic rings. The summed E-state index contributed by atoms with van der Waals surface area (Å²) in [5.41, 5.74) is 0.385. The minimum atomic E-state index is -4.73. The fraction of sp³-hybridized carbons (Fsp3) is 0.0952. The van der Waals surface area contributed by atoms with Gasteiger partial charge in [0.25, 0.3) is 0 Å². The zero-order valence-electron chi connectivity index (χ0n) is 13.6. The lowest BCUT2D eigenvalue weighted by atomic mass is 9.77. The quantitative estimate of drug-likeness (QED) is 0.382. The van der Waals surface area contributed by atoms with Crippen LogP contribution < -0.4 is 0 Å². The largest absolute Gasteiger partial charge is 0.444 e. The molecule has 0 aliphatic rings. The van der Waals surface area contributed by atoms with Gasteiger partial charge in [-0.05, 0) is 16.7 Å². The van der Waals surface area contributed by atoms with Crippen LogP contribution in [-0.2, 0) is 5.54 Å².